The lowest BCUT2D eigenvalue weighted by molar-refractivity contribution is -0.146. The lowest BCUT2D eigenvalue weighted by Crippen LogP contribution is -2.27. The van der Waals surface area contributed by atoms with E-state index in [0.717, 1.165) is 16.7 Å². The standard InChI is InChI=1S/C15H22O4/c1-9-7-12(18-5)13(19-6)11(10(9)2)8-15(3,4)14(16)17/h7H,8H2,1-6H3,(H,16,17). The fourth-order valence-corrected chi connectivity index (χ4v) is 2.03. The Kier molecular flexibility index (Phi) is 4.45. The van der Waals surface area contributed by atoms with Crippen LogP contribution in [-0.2, 0) is 11.2 Å². The van der Waals surface area contributed by atoms with Gasteiger partial charge in [-0.05, 0) is 51.3 Å². The predicted octanol–water partition coefficient (Wildman–Crippen LogP) is 2.97. The molecule has 0 saturated carbocycles. The molecule has 0 amide bonds. The van der Waals surface area contributed by atoms with Crippen molar-refractivity contribution >= 4 is 5.97 Å². The van der Waals surface area contributed by atoms with Gasteiger partial charge in [0.05, 0.1) is 19.6 Å². The maximum atomic E-state index is 11.3. The Morgan fingerprint density at radius 3 is 2.26 bits per heavy atom. The molecule has 0 aliphatic heterocycles. The van der Waals surface area contributed by atoms with E-state index >= 15 is 0 Å². The van der Waals surface area contributed by atoms with E-state index in [1.807, 2.05) is 19.9 Å². The zero-order chi connectivity index (χ0) is 14.8. The molecule has 0 aromatic heterocycles. The van der Waals surface area contributed by atoms with E-state index in [4.69, 9.17) is 9.47 Å². The van der Waals surface area contributed by atoms with Crippen LogP contribution in [0.4, 0.5) is 0 Å². The van der Waals surface area contributed by atoms with E-state index in [9.17, 15) is 9.90 Å². The number of methoxy groups -OCH3 is 2. The summed E-state index contributed by atoms with van der Waals surface area (Å²) in [6.45, 7) is 7.38. The first kappa shape index (κ1) is 15.3. The fraction of sp³-hybridized carbons (Fsp3) is 0.533. The molecule has 106 valence electrons. The lowest BCUT2D eigenvalue weighted by atomic mass is 9.83. The van der Waals surface area contributed by atoms with E-state index in [1.54, 1.807) is 28.1 Å². The maximum Gasteiger partial charge on any atom is 0.309 e. The number of ether oxygens (including phenoxy) is 2. The fourth-order valence-electron chi connectivity index (χ4n) is 2.03. The van der Waals surface area contributed by atoms with E-state index in [2.05, 4.69) is 0 Å². The zero-order valence-corrected chi connectivity index (χ0v) is 12.5. The third kappa shape index (κ3) is 3.00. The zero-order valence-electron chi connectivity index (χ0n) is 12.5. The van der Waals surface area contributed by atoms with Crippen molar-refractivity contribution in [2.45, 2.75) is 34.1 Å². The molecule has 0 radical (unpaired) electrons. The summed E-state index contributed by atoms with van der Waals surface area (Å²) in [7, 11) is 3.16. The molecule has 0 heterocycles. The molecule has 0 fully saturated rings. The highest BCUT2D eigenvalue weighted by Gasteiger charge is 2.30. The number of hydrogen-bond donors (Lipinski definition) is 1. The van der Waals surface area contributed by atoms with Crippen LogP contribution in [-0.4, -0.2) is 25.3 Å². The van der Waals surface area contributed by atoms with Gasteiger partial charge < -0.3 is 14.6 Å². The minimum atomic E-state index is -0.850. The number of carbonyl (C=O) groups is 1. The third-order valence-electron chi connectivity index (χ3n) is 3.51. The summed E-state index contributed by atoms with van der Waals surface area (Å²) in [5.74, 6) is 0.441. The van der Waals surface area contributed by atoms with Gasteiger partial charge in [-0.2, -0.15) is 0 Å². The Morgan fingerprint density at radius 1 is 1.26 bits per heavy atom. The van der Waals surface area contributed by atoms with Crippen LogP contribution in [0.25, 0.3) is 0 Å². The number of hydrogen-bond acceptors (Lipinski definition) is 3. The van der Waals surface area contributed by atoms with Crippen LogP contribution in [0.3, 0.4) is 0 Å². The van der Waals surface area contributed by atoms with Crippen molar-refractivity contribution in [3.05, 3.63) is 22.8 Å². The van der Waals surface area contributed by atoms with Gasteiger partial charge >= 0.3 is 5.97 Å². The van der Waals surface area contributed by atoms with Gasteiger partial charge in [-0.15, -0.1) is 0 Å². The number of aryl methyl sites for hydroxylation is 1. The highest BCUT2D eigenvalue weighted by atomic mass is 16.5. The van der Waals surface area contributed by atoms with E-state index in [1.165, 1.54) is 0 Å². The molecule has 1 aromatic carbocycles. The first-order valence-electron chi connectivity index (χ1n) is 6.19. The van der Waals surface area contributed by atoms with Crippen molar-refractivity contribution in [3.63, 3.8) is 0 Å². The molecule has 4 nitrogen and oxygen atoms in total. The monoisotopic (exact) mass is 266 g/mol. The third-order valence-corrected chi connectivity index (χ3v) is 3.51. The molecular formula is C15H22O4. The molecular weight excluding hydrogens is 244 g/mol. The van der Waals surface area contributed by atoms with Crippen LogP contribution in [0.1, 0.15) is 30.5 Å². The summed E-state index contributed by atoms with van der Waals surface area (Å²) < 4.78 is 10.7. The average Bonchev–Trinajstić information content (AvgIpc) is 2.34. The molecule has 4 heteroatoms. The second-order valence-corrected chi connectivity index (χ2v) is 5.40. The Morgan fingerprint density at radius 2 is 1.84 bits per heavy atom. The molecule has 19 heavy (non-hydrogen) atoms. The molecule has 0 bridgehead atoms. The number of carboxylic acid groups (broad SMARTS) is 1. The topological polar surface area (TPSA) is 55.8 Å². The van der Waals surface area contributed by atoms with Gasteiger partial charge in [0.1, 0.15) is 0 Å². The van der Waals surface area contributed by atoms with Crippen molar-refractivity contribution in [2.24, 2.45) is 5.41 Å². The normalized spacial score (nSPS) is 11.3. The molecule has 0 aliphatic carbocycles. The highest BCUT2D eigenvalue weighted by Crippen LogP contribution is 2.39. The molecule has 0 atom stereocenters. The SMILES string of the molecule is COc1cc(C)c(C)c(CC(C)(C)C(=O)O)c1OC. The summed E-state index contributed by atoms with van der Waals surface area (Å²) >= 11 is 0. The minimum Gasteiger partial charge on any atom is -0.493 e. The first-order chi connectivity index (χ1) is 8.74. The maximum absolute atomic E-state index is 11.3. The van der Waals surface area contributed by atoms with Gasteiger partial charge in [0.25, 0.3) is 0 Å². The van der Waals surface area contributed by atoms with E-state index in [0.29, 0.717) is 17.9 Å². The van der Waals surface area contributed by atoms with E-state index < -0.39 is 11.4 Å². The van der Waals surface area contributed by atoms with Crippen molar-refractivity contribution in [3.8, 4) is 11.5 Å². The second-order valence-electron chi connectivity index (χ2n) is 5.40. The molecule has 1 aromatic rings. The van der Waals surface area contributed by atoms with Gasteiger partial charge in [-0.25, -0.2) is 0 Å². The summed E-state index contributed by atoms with van der Waals surface area (Å²) in [4.78, 5) is 11.3. The van der Waals surface area contributed by atoms with Crippen LogP contribution >= 0.6 is 0 Å². The number of carboxylic acids is 1. The number of rotatable bonds is 5. The molecule has 0 unspecified atom stereocenters. The van der Waals surface area contributed by atoms with Gasteiger partial charge in [-0.1, -0.05) is 0 Å². The molecule has 0 saturated heterocycles. The van der Waals surface area contributed by atoms with Crippen molar-refractivity contribution in [2.75, 3.05) is 14.2 Å². The van der Waals surface area contributed by atoms with Gasteiger partial charge in [0, 0.05) is 5.56 Å². The predicted molar refractivity (Wildman–Crippen MR) is 74.1 cm³/mol. The molecule has 0 aliphatic rings. The lowest BCUT2D eigenvalue weighted by Gasteiger charge is -2.24. The van der Waals surface area contributed by atoms with Crippen molar-refractivity contribution in [1.82, 2.24) is 0 Å². The summed E-state index contributed by atoms with van der Waals surface area (Å²) in [5, 5.41) is 9.28. The Balaban J connectivity index is 3.40. The quantitative estimate of drug-likeness (QED) is 0.890. The average molecular weight is 266 g/mol. The highest BCUT2D eigenvalue weighted by molar-refractivity contribution is 5.74. The van der Waals surface area contributed by atoms with Crippen LogP contribution in [0.2, 0.25) is 0 Å². The second kappa shape index (κ2) is 5.51. The summed E-state index contributed by atoms with van der Waals surface area (Å²) in [6, 6.07) is 1.91. The summed E-state index contributed by atoms with van der Waals surface area (Å²) in [5.41, 5.74) is 2.16. The molecule has 1 N–H and O–H groups in total. The van der Waals surface area contributed by atoms with Gasteiger partial charge in [0.15, 0.2) is 11.5 Å². The van der Waals surface area contributed by atoms with Crippen molar-refractivity contribution < 1.29 is 19.4 Å². The van der Waals surface area contributed by atoms with E-state index in [-0.39, 0.29) is 0 Å². The largest absolute Gasteiger partial charge is 0.493 e. The number of aliphatic carboxylic acids is 1. The Bertz CT molecular complexity index is 489. The number of benzene rings is 1. The van der Waals surface area contributed by atoms with Crippen LogP contribution in [0.15, 0.2) is 6.07 Å². The smallest absolute Gasteiger partial charge is 0.309 e. The Labute approximate surface area is 114 Å². The van der Waals surface area contributed by atoms with Crippen LogP contribution in [0, 0.1) is 19.3 Å². The molecule has 0 spiro atoms. The van der Waals surface area contributed by atoms with Crippen molar-refractivity contribution in [1.29, 1.82) is 0 Å². The van der Waals surface area contributed by atoms with Gasteiger partial charge in [0.2, 0.25) is 0 Å². The first-order valence-corrected chi connectivity index (χ1v) is 6.19. The van der Waals surface area contributed by atoms with Crippen LogP contribution < -0.4 is 9.47 Å². The van der Waals surface area contributed by atoms with Gasteiger partial charge in [-0.3, -0.25) is 4.79 Å². The minimum absolute atomic E-state index is 0.398. The Hall–Kier alpha value is -1.71. The molecule has 1 rings (SSSR count). The van der Waals surface area contributed by atoms with Crippen LogP contribution in [0.5, 0.6) is 11.5 Å². The summed E-state index contributed by atoms with van der Waals surface area (Å²) in [6.07, 6.45) is 0.398.